The van der Waals surface area contributed by atoms with Crippen molar-refractivity contribution in [2.75, 3.05) is 0 Å². The summed E-state index contributed by atoms with van der Waals surface area (Å²) in [5.41, 5.74) is -2.17. The highest BCUT2D eigenvalue weighted by molar-refractivity contribution is 5.71. The van der Waals surface area contributed by atoms with Crippen molar-refractivity contribution in [1.82, 2.24) is 0 Å². The quantitative estimate of drug-likeness (QED) is 0.609. The number of carboxylic acid groups (broad SMARTS) is 1. The molecular weight excluding hydrogens is 370 g/mol. The molecule has 0 amide bonds. The van der Waals surface area contributed by atoms with Crippen molar-refractivity contribution in [2.45, 2.75) is 18.6 Å². The average Bonchev–Trinajstić information content (AvgIpc) is 2.53. The molecule has 26 heavy (non-hydrogen) atoms. The van der Waals surface area contributed by atoms with Crippen molar-refractivity contribution < 1.29 is 45.7 Å². The van der Waals surface area contributed by atoms with E-state index in [1.54, 1.807) is 0 Å². The third-order valence-corrected chi connectivity index (χ3v) is 3.01. The minimum absolute atomic E-state index is 0.473. The number of carboxylic acids is 1. The van der Waals surface area contributed by atoms with Crippen LogP contribution in [-0.4, -0.2) is 17.4 Å². The third-order valence-electron chi connectivity index (χ3n) is 3.01. The molecule has 0 atom stereocenters. The maximum atomic E-state index is 12.7. The monoisotopic (exact) mass is 380 g/mol. The highest BCUT2D eigenvalue weighted by atomic mass is 19.4. The van der Waals surface area contributed by atoms with Crippen molar-refractivity contribution in [3.05, 3.63) is 59.7 Å². The zero-order valence-corrected chi connectivity index (χ0v) is 12.6. The van der Waals surface area contributed by atoms with Gasteiger partial charge in [-0.15, -0.1) is 0 Å². The molecule has 0 aliphatic carbocycles. The number of carbonyl (C=O) groups is 1. The van der Waals surface area contributed by atoms with Gasteiger partial charge in [0.15, 0.2) is 0 Å². The SMILES string of the molecule is O=C(O)C(Oc1cccc(C(F)(F)F)c1)Oc1cccc(C(F)(F)F)c1. The second-order valence-corrected chi connectivity index (χ2v) is 4.96. The van der Waals surface area contributed by atoms with Crippen LogP contribution in [0.5, 0.6) is 11.5 Å². The first-order valence-corrected chi connectivity index (χ1v) is 6.87. The molecule has 0 saturated carbocycles. The summed E-state index contributed by atoms with van der Waals surface area (Å²) in [6.45, 7) is 0. The molecule has 0 radical (unpaired) electrons. The molecule has 0 spiro atoms. The van der Waals surface area contributed by atoms with E-state index in [1.807, 2.05) is 0 Å². The van der Waals surface area contributed by atoms with Gasteiger partial charge in [0.2, 0.25) is 0 Å². The van der Waals surface area contributed by atoms with Gasteiger partial charge in [0.05, 0.1) is 11.1 Å². The standard InChI is InChI=1S/C16H10F6O4/c17-15(18,19)9-3-1-5-11(7-9)25-14(13(23)24)26-12-6-2-4-10(8-12)16(20,21)22/h1-8,14H,(H,23,24). The molecule has 0 bridgehead atoms. The second kappa shape index (κ2) is 7.14. The number of ether oxygens (including phenoxy) is 2. The summed E-state index contributed by atoms with van der Waals surface area (Å²) in [5, 5.41) is 9.06. The van der Waals surface area contributed by atoms with E-state index in [9.17, 15) is 31.1 Å². The zero-order chi connectivity index (χ0) is 19.5. The topological polar surface area (TPSA) is 55.8 Å². The Morgan fingerprint density at radius 2 is 1.19 bits per heavy atom. The van der Waals surface area contributed by atoms with Crippen LogP contribution >= 0.6 is 0 Å². The lowest BCUT2D eigenvalue weighted by atomic mass is 10.2. The number of halogens is 6. The predicted molar refractivity (Wildman–Crippen MR) is 75.6 cm³/mol. The predicted octanol–water partition coefficient (Wildman–Crippen LogP) is 4.59. The first-order chi connectivity index (χ1) is 12.0. The van der Waals surface area contributed by atoms with E-state index in [0.717, 1.165) is 36.4 Å². The van der Waals surface area contributed by atoms with Gasteiger partial charge in [0.25, 0.3) is 0 Å². The summed E-state index contributed by atoms with van der Waals surface area (Å²) in [4.78, 5) is 11.2. The van der Waals surface area contributed by atoms with Gasteiger partial charge in [0, 0.05) is 0 Å². The van der Waals surface area contributed by atoms with Gasteiger partial charge in [-0.3, -0.25) is 0 Å². The minimum atomic E-state index is -4.68. The Labute approximate surface area is 142 Å². The summed E-state index contributed by atoms with van der Waals surface area (Å²) in [7, 11) is 0. The molecule has 0 aliphatic rings. The Morgan fingerprint density at radius 1 is 0.808 bits per heavy atom. The molecule has 2 aromatic rings. The van der Waals surface area contributed by atoms with E-state index in [0.29, 0.717) is 12.1 Å². The van der Waals surface area contributed by atoms with Gasteiger partial charge in [-0.05, 0) is 36.4 Å². The molecule has 2 aromatic carbocycles. The fraction of sp³-hybridized carbons (Fsp3) is 0.188. The molecule has 140 valence electrons. The van der Waals surface area contributed by atoms with E-state index in [1.165, 1.54) is 0 Å². The van der Waals surface area contributed by atoms with E-state index < -0.39 is 47.2 Å². The van der Waals surface area contributed by atoms with Gasteiger partial charge in [-0.1, -0.05) is 12.1 Å². The molecule has 4 nitrogen and oxygen atoms in total. The summed E-state index contributed by atoms with van der Waals surface area (Å²) >= 11 is 0. The number of hydrogen-bond donors (Lipinski definition) is 1. The smallest absolute Gasteiger partial charge is 0.416 e. The first kappa shape index (κ1) is 19.4. The van der Waals surface area contributed by atoms with Crippen molar-refractivity contribution in [3.63, 3.8) is 0 Å². The lowest BCUT2D eigenvalue weighted by Crippen LogP contribution is -2.33. The Bertz CT molecular complexity index is 725. The van der Waals surface area contributed by atoms with E-state index in [-0.39, 0.29) is 0 Å². The summed E-state index contributed by atoms with van der Waals surface area (Å²) < 4.78 is 85.6. The molecule has 0 fully saturated rings. The van der Waals surface area contributed by atoms with Crippen LogP contribution in [0, 0.1) is 0 Å². The second-order valence-electron chi connectivity index (χ2n) is 4.96. The zero-order valence-electron chi connectivity index (χ0n) is 12.6. The lowest BCUT2D eigenvalue weighted by molar-refractivity contribution is -0.158. The highest BCUT2D eigenvalue weighted by Crippen LogP contribution is 2.33. The number of rotatable bonds is 5. The van der Waals surface area contributed by atoms with Crippen molar-refractivity contribution in [3.8, 4) is 11.5 Å². The van der Waals surface area contributed by atoms with Crippen LogP contribution in [0.15, 0.2) is 48.5 Å². The van der Waals surface area contributed by atoms with Gasteiger partial charge in [-0.2, -0.15) is 26.3 Å². The molecule has 0 saturated heterocycles. The molecule has 0 aliphatic heterocycles. The molecule has 0 aromatic heterocycles. The molecule has 0 heterocycles. The molecule has 10 heteroatoms. The van der Waals surface area contributed by atoms with Crippen LogP contribution in [0.4, 0.5) is 26.3 Å². The Morgan fingerprint density at radius 3 is 1.50 bits per heavy atom. The normalized spacial score (nSPS) is 12.1. The fourth-order valence-corrected chi connectivity index (χ4v) is 1.86. The molecule has 2 rings (SSSR count). The Balaban J connectivity index is 2.22. The molecular formula is C16H10F6O4. The van der Waals surface area contributed by atoms with Crippen LogP contribution in [0.2, 0.25) is 0 Å². The number of alkyl halides is 6. The summed E-state index contributed by atoms with van der Waals surface area (Å²) in [5.74, 6) is -2.68. The van der Waals surface area contributed by atoms with E-state index in [2.05, 4.69) is 0 Å². The minimum Gasteiger partial charge on any atom is -0.476 e. The van der Waals surface area contributed by atoms with Crippen LogP contribution in [0.1, 0.15) is 11.1 Å². The molecule has 0 unspecified atom stereocenters. The Kier molecular flexibility index (Phi) is 5.33. The van der Waals surface area contributed by atoms with Crippen molar-refractivity contribution >= 4 is 5.97 Å². The van der Waals surface area contributed by atoms with Gasteiger partial charge >= 0.3 is 24.6 Å². The highest BCUT2D eigenvalue weighted by Gasteiger charge is 2.32. The fourth-order valence-electron chi connectivity index (χ4n) is 1.86. The van der Waals surface area contributed by atoms with Gasteiger partial charge in [-0.25, -0.2) is 4.79 Å². The summed E-state index contributed by atoms with van der Waals surface area (Å²) in [6, 6.07) is 6.67. The largest absolute Gasteiger partial charge is 0.476 e. The summed E-state index contributed by atoms with van der Waals surface area (Å²) in [6.07, 6.45) is -11.5. The van der Waals surface area contributed by atoms with Crippen LogP contribution in [0.25, 0.3) is 0 Å². The van der Waals surface area contributed by atoms with E-state index in [4.69, 9.17) is 14.6 Å². The first-order valence-electron chi connectivity index (χ1n) is 6.87. The number of aliphatic carboxylic acids is 1. The van der Waals surface area contributed by atoms with E-state index >= 15 is 0 Å². The van der Waals surface area contributed by atoms with Gasteiger partial charge < -0.3 is 14.6 Å². The average molecular weight is 380 g/mol. The van der Waals surface area contributed by atoms with Crippen molar-refractivity contribution in [1.29, 1.82) is 0 Å². The number of hydrogen-bond acceptors (Lipinski definition) is 3. The molecule has 1 N–H and O–H groups in total. The van der Waals surface area contributed by atoms with Crippen molar-refractivity contribution in [2.24, 2.45) is 0 Å². The van der Waals surface area contributed by atoms with Crippen LogP contribution in [-0.2, 0) is 17.1 Å². The number of benzene rings is 2. The van der Waals surface area contributed by atoms with Crippen LogP contribution < -0.4 is 9.47 Å². The Hall–Kier alpha value is -2.91. The maximum Gasteiger partial charge on any atom is 0.416 e. The maximum absolute atomic E-state index is 12.7. The lowest BCUT2D eigenvalue weighted by Gasteiger charge is -2.18. The van der Waals surface area contributed by atoms with Gasteiger partial charge in [0.1, 0.15) is 11.5 Å². The van der Waals surface area contributed by atoms with Crippen LogP contribution in [0.3, 0.4) is 0 Å². The third kappa shape index (κ3) is 5.04.